The first-order valence-electron chi connectivity index (χ1n) is 9.90. The molecule has 1 aliphatic carbocycles. The van der Waals surface area contributed by atoms with Crippen LogP contribution in [0.4, 0.5) is 5.95 Å². The fourth-order valence-electron chi connectivity index (χ4n) is 3.85. The highest BCUT2D eigenvalue weighted by atomic mass is 16.1. The summed E-state index contributed by atoms with van der Waals surface area (Å²) in [5.41, 5.74) is 2.85. The number of aromatic nitrogens is 3. The summed E-state index contributed by atoms with van der Waals surface area (Å²) in [6, 6.07) is 6.00. The SMILES string of the molecule is C/C(=C\N(C)c1ncccn1)C(=O)NCC1(c2ccc(C)nc2)CCCCC1. The smallest absolute Gasteiger partial charge is 0.248 e. The van der Waals surface area contributed by atoms with E-state index in [1.54, 1.807) is 29.6 Å². The number of nitrogens with zero attached hydrogens (tertiary/aromatic N) is 4. The lowest BCUT2D eigenvalue weighted by Crippen LogP contribution is -2.42. The van der Waals surface area contributed by atoms with Gasteiger partial charge in [0.25, 0.3) is 0 Å². The summed E-state index contributed by atoms with van der Waals surface area (Å²) >= 11 is 0. The minimum Gasteiger partial charge on any atom is -0.351 e. The predicted octanol–water partition coefficient (Wildman–Crippen LogP) is 3.54. The van der Waals surface area contributed by atoms with Crippen LogP contribution in [0.2, 0.25) is 0 Å². The van der Waals surface area contributed by atoms with Crippen LogP contribution < -0.4 is 10.2 Å². The van der Waals surface area contributed by atoms with Gasteiger partial charge in [-0.05, 0) is 44.4 Å². The molecule has 0 aromatic carbocycles. The molecular formula is C22H29N5O. The summed E-state index contributed by atoms with van der Waals surface area (Å²) in [6.45, 7) is 4.45. The Hall–Kier alpha value is -2.76. The molecule has 148 valence electrons. The van der Waals surface area contributed by atoms with Crippen LogP contribution in [0.25, 0.3) is 0 Å². The molecule has 6 nitrogen and oxygen atoms in total. The van der Waals surface area contributed by atoms with Gasteiger partial charge in [0, 0.05) is 55.1 Å². The molecule has 3 rings (SSSR count). The maximum atomic E-state index is 12.7. The topological polar surface area (TPSA) is 71.0 Å². The van der Waals surface area contributed by atoms with Gasteiger partial charge in [0.2, 0.25) is 11.9 Å². The molecule has 6 heteroatoms. The van der Waals surface area contributed by atoms with Gasteiger partial charge in [-0.2, -0.15) is 0 Å². The van der Waals surface area contributed by atoms with Crippen molar-refractivity contribution < 1.29 is 4.79 Å². The highest BCUT2D eigenvalue weighted by Gasteiger charge is 2.34. The molecule has 0 spiro atoms. The predicted molar refractivity (Wildman–Crippen MR) is 111 cm³/mol. The zero-order chi connectivity index (χ0) is 20.0. The molecule has 0 unspecified atom stereocenters. The summed E-state index contributed by atoms with van der Waals surface area (Å²) < 4.78 is 0. The molecular weight excluding hydrogens is 350 g/mol. The van der Waals surface area contributed by atoms with Crippen molar-refractivity contribution in [2.75, 3.05) is 18.5 Å². The number of amides is 1. The van der Waals surface area contributed by atoms with Crippen LogP contribution in [0, 0.1) is 6.92 Å². The minimum absolute atomic E-state index is 0.0245. The lowest BCUT2D eigenvalue weighted by atomic mass is 9.69. The van der Waals surface area contributed by atoms with Crippen LogP contribution in [0.1, 0.15) is 50.3 Å². The van der Waals surface area contributed by atoms with Crippen molar-refractivity contribution in [1.82, 2.24) is 20.3 Å². The third-order valence-corrected chi connectivity index (χ3v) is 5.53. The first-order valence-corrected chi connectivity index (χ1v) is 9.90. The summed E-state index contributed by atoms with van der Waals surface area (Å²) in [6.07, 6.45) is 12.9. The fourth-order valence-corrected chi connectivity index (χ4v) is 3.85. The van der Waals surface area contributed by atoms with Crippen molar-refractivity contribution in [3.8, 4) is 0 Å². The molecule has 0 saturated heterocycles. The van der Waals surface area contributed by atoms with E-state index in [-0.39, 0.29) is 11.3 Å². The van der Waals surface area contributed by atoms with Crippen molar-refractivity contribution in [2.24, 2.45) is 0 Å². The number of pyridine rings is 1. The quantitative estimate of drug-likeness (QED) is 0.778. The van der Waals surface area contributed by atoms with Crippen molar-refractivity contribution in [1.29, 1.82) is 0 Å². The van der Waals surface area contributed by atoms with Gasteiger partial charge in [-0.3, -0.25) is 9.78 Å². The molecule has 2 aromatic rings. The molecule has 1 saturated carbocycles. The highest BCUT2D eigenvalue weighted by molar-refractivity contribution is 5.93. The van der Waals surface area contributed by atoms with Gasteiger partial charge in [-0.25, -0.2) is 9.97 Å². The van der Waals surface area contributed by atoms with E-state index >= 15 is 0 Å². The summed E-state index contributed by atoms with van der Waals surface area (Å²) in [7, 11) is 1.84. The number of nitrogens with one attached hydrogen (secondary N) is 1. The van der Waals surface area contributed by atoms with Crippen LogP contribution in [0.3, 0.4) is 0 Å². The second-order valence-electron chi connectivity index (χ2n) is 7.68. The maximum Gasteiger partial charge on any atom is 0.248 e. The first-order chi connectivity index (χ1) is 13.5. The minimum atomic E-state index is -0.0622. The largest absolute Gasteiger partial charge is 0.351 e. The second-order valence-corrected chi connectivity index (χ2v) is 7.68. The molecule has 1 aliphatic rings. The van der Waals surface area contributed by atoms with Gasteiger partial charge in [0.15, 0.2) is 0 Å². The van der Waals surface area contributed by atoms with Crippen molar-refractivity contribution in [2.45, 2.75) is 51.4 Å². The van der Waals surface area contributed by atoms with Crippen molar-refractivity contribution >= 4 is 11.9 Å². The third-order valence-electron chi connectivity index (χ3n) is 5.53. The lowest BCUT2D eigenvalue weighted by Gasteiger charge is -2.38. The average Bonchev–Trinajstić information content (AvgIpc) is 2.73. The fraction of sp³-hybridized carbons (Fsp3) is 0.455. The molecule has 1 fully saturated rings. The lowest BCUT2D eigenvalue weighted by molar-refractivity contribution is -0.117. The molecule has 2 heterocycles. The van der Waals surface area contributed by atoms with Crippen LogP contribution in [-0.4, -0.2) is 34.5 Å². The summed E-state index contributed by atoms with van der Waals surface area (Å²) in [5.74, 6) is 0.497. The summed E-state index contributed by atoms with van der Waals surface area (Å²) in [5, 5.41) is 3.16. The number of carbonyl (C=O) groups excluding carboxylic acids is 1. The maximum absolute atomic E-state index is 12.7. The number of hydrogen-bond donors (Lipinski definition) is 1. The van der Waals surface area contributed by atoms with E-state index in [9.17, 15) is 4.79 Å². The Labute approximate surface area is 167 Å². The van der Waals surface area contributed by atoms with Gasteiger partial charge in [-0.1, -0.05) is 25.3 Å². The van der Waals surface area contributed by atoms with E-state index in [2.05, 4.69) is 32.4 Å². The van der Waals surface area contributed by atoms with Gasteiger partial charge in [0.1, 0.15) is 0 Å². The van der Waals surface area contributed by atoms with E-state index in [4.69, 9.17) is 0 Å². The Bertz CT molecular complexity index is 811. The van der Waals surface area contributed by atoms with Crippen molar-refractivity contribution in [3.63, 3.8) is 0 Å². The number of rotatable bonds is 6. The average molecular weight is 380 g/mol. The van der Waals surface area contributed by atoms with E-state index in [0.29, 0.717) is 18.1 Å². The van der Waals surface area contributed by atoms with Crippen molar-refractivity contribution in [3.05, 3.63) is 59.8 Å². The Morgan fingerprint density at radius 1 is 1.18 bits per heavy atom. The molecule has 1 N–H and O–H groups in total. The molecule has 0 aliphatic heterocycles. The number of hydrogen-bond acceptors (Lipinski definition) is 5. The normalized spacial score (nSPS) is 16.5. The molecule has 28 heavy (non-hydrogen) atoms. The number of aryl methyl sites for hydroxylation is 1. The van der Waals surface area contributed by atoms with E-state index < -0.39 is 0 Å². The summed E-state index contributed by atoms with van der Waals surface area (Å²) in [4.78, 5) is 27.4. The number of carbonyl (C=O) groups is 1. The zero-order valence-corrected chi connectivity index (χ0v) is 17.0. The monoisotopic (exact) mass is 379 g/mol. The number of anilines is 1. The Morgan fingerprint density at radius 3 is 2.54 bits per heavy atom. The van der Waals surface area contributed by atoms with E-state index in [0.717, 1.165) is 18.5 Å². The van der Waals surface area contributed by atoms with Gasteiger partial charge >= 0.3 is 0 Å². The standard InChI is InChI=1S/C22H29N5O/c1-17(15-27(3)21-23-12-7-13-24-21)20(28)26-16-22(10-5-4-6-11-22)19-9-8-18(2)25-14-19/h7-9,12-15H,4-6,10-11,16H2,1-3H3,(H,26,28)/b17-15+. The first kappa shape index (κ1) is 20.0. The molecule has 1 amide bonds. The Kier molecular flexibility index (Phi) is 6.39. The van der Waals surface area contributed by atoms with E-state index in [1.165, 1.54) is 24.8 Å². The Morgan fingerprint density at radius 2 is 1.89 bits per heavy atom. The third kappa shape index (κ3) is 4.74. The zero-order valence-electron chi connectivity index (χ0n) is 17.0. The van der Waals surface area contributed by atoms with Crippen LogP contribution in [-0.2, 0) is 10.2 Å². The molecule has 2 aromatic heterocycles. The van der Waals surface area contributed by atoms with Crippen LogP contribution in [0.15, 0.2) is 48.6 Å². The highest BCUT2D eigenvalue weighted by Crippen LogP contribution is 2.38. The van der Waals surface area contributed by atoms with Crippen LogP contribution in [0.5, 0.6) is 0 Å². The molecule has 0 bridgehead atoms. The molecule has 0 radical (unpaired) electrons. The van der Waals surface area contributed by atoms with Gasteiger partial charge < -0.3 is 10.2 Å². The van der Waals surface area contributed by atoms with Gasteiger partial charge in [-0.15, -0.1) is 0 Å². The van der Waals surface area contributed by atoms with E-state index in [1.807, 2.05) is 27.1 Å². The molecule has 0 atom stereocenters. The Balaban J connectivity index is 1.69. The van der Waals surface area contributed by atoms with Gasteiger partial charge in [0.05, 0.1) is 0 Å². The second kappa shape index (κ2) is 8.95. The van der Waals surface area contributed by atoms with Crippen LogP contribution >= 0.6 is 0 Å².